The monoisotopic (exact) mass is 551 g/mol. The standard InChI is InChI=1S/C15H17NO4.C14H16N2O4/c1-2-9-7-13(18)20-11-8-12(17)16(15(19)14(9)11)10-5-3-4-6-10;1-2-8-7-10(17)20-13-11(8)12(18)15-14(19)16(13)9-5-3-4-6-9/h7,10H,2-6,8H2,1H3;7,9H,2-6H2,1H3,(H,15,18,19). The van der Waals surface area contributed by atoms with Crippen LogP contribution in [0.1, 0.15) is 98.5 Å². The van der Waals surface area contributed by atoms with Crippen molar-refractivity contribution in [2.45, 2.75) is 96.6 Å². The van der Waals surface area contributed by atoms with Crippen molar-refractivity contribution in [2.75, 3.05) is 0 Å². The number of rotatable bonds is 4. The van der Waals surface area contributed by atoms with Gasteiger partial charge in [0.2, 0.25) is 11.6 Å². The zero-order chi connectivity index (χ0) is 28.6. The number of hydrogen-bond acceptors (Lipinski definition) is 8. The first-order valence-corrected chi connectivity index (χ1v) is 14.1. The first-order valence-electron chi connectivity index (χ1n) is 14.1. The maximum atomic E-state index is 12.6. The summed E-state index contributed by atoms with van der Waals surface area (Å²) in [4.78, 5) is 75.8. The largest absolute Gasteiger partial charge is 0.426 e. The number of fused-ring (bicyclic) bond motifs is 2. The molecular formula is C29H33N3O8. The zero-order valence-electron chi connectivity index (χ0n) is 22.7. The molecule has 0 unspecified atom stereocenters. The molecule has 3 aliphatic rings. The van der Waals surface area contributed by atoms with Crippen molar-refractivity contribution in [1.29, 1.82) is 0 Å². The molecule has 2 saturated carbocycles. The van der Waals surface area contributed by atoms with Crippen LogP contribution < -0.4 is 22.5 Å². The number of carbonyl (C=O) groups is 2. The van der Waals surface area contributed by atoms with Gasteiger partial charge in [0.15, 0.2) is 0 Å². The van der Waals surface area contributed by atoms with E-state index in [-0.39, 0.29) is 41.8 Å². The molecule has 11 nitrogen and oxygen atoms in total. The third-order valence-corrected chi connectivity index (χ3v) is 8.18. The number of aryl methyl sites for hydroxylation is 2. The molecule has 0 aromatic carbocycles. The molecule has 40 heavy (non-hydrogen) atoms. The maximum Gasteiger partial charge on any atom is 0.337 e. The summed E-state index contributed by atoms with van der Waals surface area (Å²) in [5.41, 5.74) is -0.151. The molecule has 0 spiro atoms. The number of aromatic amines is 1. The molecule has 1 aliphatic heterocycles. The highest BCUT2D eigenvalue weighted by Crippen LogP contribution is 2.31. The summed E-state index contributed by atoms with van der Waals surface area (Å²) >= 11 is 0. The predicted molar refractivity (Wildman–Crippen MR) is 146 cm³/mol. The average molecular weight is 552 g/mol. The fourth-order valence-electron chi connectivity index (χ4n) is 6.27. The lowest BCUT2D eigenvalue weighted by molar-refractivity contribution is -0.130. The molecule has 3 aromatic rings. The third kappa shape index (κ3) is 5.00. The van der Waals surface area contributed by atoms with Crippen molar-refractivity contribution < 1.29 is 18.4 Å². The van der Waals surface area contributed by atoms with Crippen molar-refractivity contribution in [1.82, 2.24) is 14.5 Å². The fourth-order valence-corrected chi connectivity index (χ4v) is 6.27. The van der Waals surface area contributed by atoms with Crippen LogP contribution in [0.2, 0.25) is 0 Å². The van der Waals surface area contributed by atoms with Gasteiger partial charge in [-0.3, -0.25) is 28.8 Å². The Hall–Kier alpha value is -4.02. The van der Waals surface area contributed by atoms with Gasteiger partial charge in [0.1, 0.15) is 11.1 Å². The minimum Gasteiger partial charge on any atom is -0.426 e. The second kappa shape index (κ2) is 11.2. The SMILES string of the molecule is CCc1cc(=O)oc2c1C(=O)N(C1CCCC1)C(=O)C2.CCc1cc(=O)oc2c1c(=O)[nH]c(=O)n2C1CCCC1. The Balaban J connectivity index is 0.000000161. The van der Waals surface area contributed by atoms with E-state index in [2.05, 4.69) is 4.98 Å². The van der Waals surface area contributed by atoms with Crippen LogP contribution >= 0.6 is 0 Å². The second-order valence-corrected chi connectivity index (χ2v) is 10.6. The highest BCUT2D eigenvalue weighted by molar-refractivity contribution is 6.10. The highest BCUT2D eigenvalue weighted by Gasteiger charge is 2.39. The van der Waals surface area contributed by atoms with Gasteiger partial charge in [-0.25, -0.2) is 14.4 Å². The summed E-state index contributed by atoms with van der Waals surface area (Å²) in [6, 6.07) is 2.69. The van der Waals surface area contributed by atoms with Crippen LogP contribution in [0.15, 0.2) is 40.1 Å². The molecule has 11 heteroatoms. The van der Waals surface area contributed by atoms with Gasteiger partial charge in [0.05, 0.1) is 12.0 Å². The number of hydrogen-bond donors (Lipinski definition) is 1. The van der Waals surface area contributed by atoms with Gasteiger partial charge in [-0.05, 0) is 49.7 Å². The molecule has 0 bridgehead atoms. The molecule has 1 N–H and O–H groups in total. The van der Waals surface area contributed by atoms with Gasteiger partial charge in [0, 0.05) is 24.2 Å². The molecule has 212 valence electrons. The van der Waals surface area contributed by atoms with Crippen molar-refractivity contribution in [3.8, 4) is 0 Å². The van der Waals surface area contributed by atoms with Gasteiger partial charge >= 0.3 is 16.9 Å². The topological polar surface area (TPSA) is 153 Å². The summed E-state index contributed by atoms with van der Waals surface area (Å²) in [6.45, 7) is 3.75. The Morgan fingerprint density at radius 1 is 0.800 bits per heavy atom. The molecule has 4 heterocycles. The minimum atomic E-state index is -0.522. The van der Waals surface area contributed by atoms with E-state index in [1.54, 1.807) is 0 Å². The zero-order valence-corrected chi connectivity index (χ0v) is 22.7. The first kappa shape index (κ1) is 27.5. The number of nitrogens with one attached hydrogen (secondary N) is 1. The molecule has 2 fully saturated rings. The second-order valence-electron chi connectivity index (χ2n) is 10.6. The Morgan fingerprint density at radius 2 is 1.38 bits per heavy atom. The smallest absolute Gasteiger partial charge is 0.337 e. The normalized spacial score (nSPS) is 17.8. The van der Waals surface area contributed by atoms with Crippen LogP contribution in [-0.4, -0.2) is 32.3 Å². The molecule has 2 aliphatic carbocycles. The maximum absolute atomic E-state index is 12.6. The van der Waals surface area contributed by atoms with Crippen LogP contribution in [0.3, 0.4) is 0 Å². The molecule has 2 amide bonds. The lowest BCUT2D eigenvalue weighted by Gasteiger charge is -2.31. The van der Waals surface area contributed by atoms with Gasteiger partial charge in [-0.15, -0.1) is 0 Å². The minimum absolute atomic E-state index is 0.00268. The van der Waals surface area contributed by atoms with Gasteiger partial charge in [0.25, 0.3) is 11.5 Å². The van der Waals surface area contributed by atoms with Crippen molar-refractivity contribution in [3.63, 3.8) is 0 Å². The van der Waals surface area contributed by atoms with Gasteiger partial charge in [-0.2, -0.15) is 0 Å². The lowest BCUT2D eigenvalue weighted by Crippen LogP contribution is -2.48. The highest BCUT2D eigenvalue weighted by atomic mass is 16.4. The lowest BCUT2D eigenvalue weighted by atomic mass is 9.97. The molecular weight excluding hydrogens is 518 g/mol. The number of amides is 2. The Kier molecular flexibility index (Phi) is 7.73. The van der Waals surface area contributed by atoms with Crippen LogP contribution in [0, 0.1) is 0 Å². The Bertz CT molecular complexity index is 1700. The van der Waals surface area contributed by atoms with Crippen molar-refractivity contribution in [2.24, 2.45) is 0 Å². The number of H-pyrrole nitrogens is 1. The van der Waals surface area contributed by atoms with E-state index >= 15 is 0 Å². The number of imide groups is 1. The van der Waals surface area contributed by atoms with E-state index in [0.29, 0.717) is 34.9 Å². The summed E-state index contributed by atoms with van der Waals surface area (Å²) in [5.74, 6) is -0.298. The number of carbonyl (C=O) groups excluding carboxylic acids is 2. The average Bonchev–Trinajstić information content (AvgIpc) is 3.63. The third-order valence-electron chi connectivity index (χ3n) is 8.18. The van der Waals surface area contributed by atoms with Crippen LogP contribution in [0.25, 0.3) is 11.1 Å². The van der Waals surface area contributed by atoms with E-state index in [1.807, 2.05) is 13.8 Å². The molecule has 0 radical (unpaired) electrons. The van der Waals surface area contributed by atoms with E-state index in [1.165, 1.54) is 21.6 Å². The van der Waals surface area contributed by atoms with Gasteiger partial charge < -0.3 is 8.83 Å². The predicted octanol–water partition coefficient (Wildman–Crippen LogP) is 2.99. The summed E-state index contributed by atoms with van der Waals surface area (Å²) in [6.07, 6.45) is 8.79. The van der Waals surface area contributed by atoms with E-state index in [9.17, 15) is 28.8 Å². The fraction of sp³-hybridized carbons (Fsp3) is 0.517. The van der Waals surface area contributed by atoms with Crippen LogP contribution in [-0.2, 0) is 24.1 Å². The quantitative estimate of drug-likeness (QED) is 0.486. The molecule has 6 rings (SSSR count). The first-order chi connectivity index (χ1) is 19.2. The Labute approximate surface area is 228 Å². The summed E-state index contributed by atoms with van der Waals surface area (Å²) < 4.78 is 11.7. The van der Waals surface area contributed by atoms with E-state index < -0.39 is 22.5 Å². The van der Waals surface area contributed by atoms with Gasteiger partial charge in [-0.1, -0.05) is 39.5 Å². The van der Waals surface area contributed by atoms with Crippen molar-refractivity contribution >= 4 is 22.9 Å². The van der Waals surface area contributed by atoms with E-state index in [4.69, 9.17) is 8.83 Å². The van der Waals surface area contributed by atoms with Crippen LogP contribution in [0.4, 0.5) is 0 Å². The molecule has 3 aromatic heterocycles. The summed E-state index contributed by atoms with van der Waals surface area (Å²) in [5, 5.41) is 0.318. The number of nitrogens with zero attached hydrogens (tertiary/aromatic N) is 2. The Morgan fingerprint density at radius 3 is 2.00 bits per heavy atom. The molecule has 0 atom stereocenters. The van der Waals surface area contributed by atoms with E-state index in [0.717, 1.165) is 51.4 Å². The van der Waals surface area contributed by atoms with Crippen LogP contribution in [0.5, 0.6) is 0 Å². The number of aromatic nitrogens is 2. The van der Waals surface area contributed by atoms with Crippen molar-refractivity contribution in [3.05, 3.63) is 76.3 Å². The molecule has 0 saturated heterocycles. The summed E-state index contributed by atoms with van der Waals surface area (Å²) in [7, 11) is 0.